The second kappa shape index (κ2) is 10.1. The molecule has 5 aliphatic rings. The molecule has 5 rings (SSSR count). The van der Waals surface area contributed by atoms with Crippen LogP contribution >= 0.6 is 8.53 Å². The van der Waals surface area contributed by atoms with Crippen LogP contribution < -0.4 is 0 Å². The molecule has 4 aliphatic carbocycles. The number of rotatable bonds is 7. The largest absolute Gasteiger partial charge is 0.321 e. The number of fused-ring (bicyclic) bond motifs is 5. The summed E-state index contributed by atoms with van der Waals surface area (Å²) in [5, 5.41) is 0. The second-order valence-electron chi connectivity index (χ2n) is 13.7. The molecule has 0 aromatic heterocycles. The van der Waals surface area contributed by atoms with E-state index in [0.717, 1.165) is 55.1 Å². The summed E-state index contributed by atoms with van der Waals surface area (Å²) in [6, 6.07) is 0. The van der Waals surface area contributed by atoms with Crippen molar-refractivity contribution >= 4 is 8.53 Å². The molecule has 1 heterocycles. The van der Waals surface area contributed by atoms with Crippen LogP contribution in [-0.4, -0.2) is 31.0 Å². The van der Waals surface area contributed by atoms with E-state index in [-0.39, 0.29) is 0 Å². The maximum atomic E-state index is 6.49. The van der Waals surface area contributed by atoms with E-state index in [4.69, 9.17) is 9.05 Å². The first-order valence-electron chi connectivity index (χ1n) is 14.7. The Kier molecular flexibility index (Phi) is 7.61. The normalized spacial score (nSPS) is 45.6. The van der Waals surface area contributed by atoms with Crippen LogP contribution in [0.15, 0.2) is 11.6 Å². The molecule has 1 saturated heterocycles. The van der Waals surface area contributed by atoms with E-state index >= 15 is 0 Å². The van der Waals surface area contributed by atoms with Crippen molar-refractivity contribution in [3.63, 3.8) is 0 Å². The average Bonchev–Trinajstić information content (AvgIpc) is 3.36. The zero-order valence-corrected chi connectivity index (χ0v) is 23.9. The van der Waals surface area contributed by atoms with Crippen LogP contribution in [0.2, 0.25) is 0 Å². The molecule has 34 heavy (non-hydrogen) atoms. The molecular weight excluding hydrogens is 437 g/mol. The van der Waals surface area contributed by atoms with Gasteiger partial charge in [0.05, 0.1) is 12.7 Å². The Morgan fingerprint density at radius 2 is 1.91 bits per heavy atom. The van der Waals surface area contributed by atoms with Gasteiger partial charge >= 0.3 is 0 Å². The Hall–Kier alpha value is 0.0500. The fraction of sp³-hybridized carbons (Fsp3) is 0.933. The fourth-order valence-corrected chi connectivity index (χ4v) is 10.7. The van der Waals surface area contributed by atoms with Crippen molar-refractivity contribution in [3.05, 3.63) is 11.6 Å². The summed E-state index contributed by atoms with van der Waals surface area (Å²) in [7, 11) is 1.33. The van der Waals surface area contributed by atoms with Crippen LogP contribution in [0.4, 0.5) is 0 Å². The van der Waals surface area contributed by atoms with Crippen molar-refractivity contribution in [1.29, 1.82) is 0 Å². The molecule has 4 fully saturated rings. The number of hydrogen-bond donors (Lipinski definition) is 0. The van der Waals surface area contributed by atoms with Crippen molar-refractivity contribution in [3.8, 4) is 0 Å². The van der Waals surface area contributed by atoms with Crippen molar-refractivity contribution in [1.82, 2.24) is 4.67 Å². The minimum Gasteiger partial charge on any atom is -0.321 e. The van der Waals surface area contributed by atoms with E-state index in [9.17, 15) is 0 Å². The second-order valence-corrected chi connectivity index (χ2v) is 15.3. The van der Waals surface area contributed by atoms with Gasteiger partial charge < -0.3 is 9.05 Å². The van der Waals surface area contributed by atoms with E-state index in [2.05, 4.69) is 52.4 Å². The molecule has 4 heteroatoms. The van der Waals surface area contributed by atoms with Gasteiger partial charge in [0, 0.05) is 6.54 Å². The summed E-state index contributed by atoms with van der Waals surface area (Å²) in [5.41, 5.74) is 2.75. The van der Waals surface area contributed by atoms with E-state index < -0.39 is 8.53 Å². The van der Waals surface area contributed by atoms with Gasteiger partial charge in [-0.25, -0.2) is 4.67 Å². The molecule has 0 amide bonds. The quantitative estimate of drug-likeness (QED) is 0.264. The molecule has 3 saturated carbocycles. The Morgan fingerprint density at radius 1 is 1.09 bits per heavy atom. The standard InChI is InChI=1S/C30H52NO2P/c1-21(2)8-7-9-22(3)26-12-13-27-25-11-10-23-20-24(33-34-31(6)18-19-32-34)14-16-29(23,4)28(25)15-17-30(26,27)5/h10,21-22,24-28H,7-9,11-20H2,1-6H3/t22-,24+,25+,26-,27+,28+,29+,30-,34?/m1/s1. The smallest absolute Gasteiger partial charge is 0.258 e. The number of allylic oxidation sites excluding steroid dienone is 1. The zero-order chi connectivity index (χ0) is 24.1. The molecule has 1 unspecified atom stereocenters. The lowest BCUT2D eigenvalue weighted by atomic mass is 9.47. The van der Waals surface area contributed by atoms with E-state index in [1.54, 1.807) is 5.57 Å². The van der Waals surface area contributed by atoms with Crippen LogP contribution in [0.1, 0.15) is 105 Å². The minimum absolute atomic E-state index is 0.360. The Balaban J connectivity index is 1.25. The zero-order valence-electron chi connectivity index (χ0n) is 23.0. The maximum Gasteiger partial charge on any atom is 0.258 e. The average molecular weight is 490 g/mol. The summed E-state index contributed by atoms with van der Waals surface area (Å²) >= 11 is 0. The van der Waals surface area contributed by atoms with Gasteiger partial charge in [-0.1, -0.05) is 65.5 Å². The third-order valence-corrected chi connectivity index (χ3v) is 13.0. The third-order valence-electron chi connectivity index (χ3n) is 11.4. The maximum absolute atomic E-state index is 6.49. The molecule has 0 aromatic carbocycles. The minimum atomic E-state index is -0.814. The Bertz CT molecular complexity index is 754. The third kappa shape index (κ3) is 4.59. The molecular formula is C30H52NO2P. The van der Waals surface area contributed by atoms with Gasteiger partial charge in [-0.2, -0.15) is 0 Å². The highest BCUT2D eigenvalue weighted by molar-refractivity contribution is 7.44. The summed E-state index contributed by atoms with van der Waals surface area (Å²) in [5.74, 6) is 5.49. The topological polar surface area (TPSA) is 21.7 Å². The molecule has 0 spiro atoms. The van der Waals surface area contributed by atoms with Crippen molar-refractivity contribution in [2.24, 2.45) is 46.3 Å². The first-order valence-corrected chi connectivity index (χ1v) is 15.9. The predicted octanol–water partition coefficient (Wildman–Crippen LogP) is 8.60. The molecule has 0 aromatic rings. The Labute approximate surface area is 211 Å². The van der Waals surface area contributed by atoms with E-state index in [1.807, 2.05) is 0 Å². The highest BCUT2D eigenvalue weighted by Crippen LogP contribution is 2.67. The van der Waals surface area contributed by atoms with Crippen LogP contribution in [0.25, 0.3) is 0 Å². The van der Waals surface area contributed by atoms with Crippen LogP contribution in [0.3, 0.4) is 0 Å². The van der Waals surface area contributed by atoms with Crippen LogP contribution in [-0.2, 0) is 9.05 Å². The van der Waals surface area contributed by atoms with E-state index in [0.29, 0.717) is 16.9 Å². The summed E-state index contributed by atoms with van der Waals surface area (Å²) in [6.07, 6.45) is 18.3. The van der Waals surface area contributed by atoms with Gasteiger partial charge in [0.25, 0.3) is 8.53 Å². The SMILES string of the molecule is CC(C)CCC[C@@H](C)[C@H]1CC[C@H]2[C@@H]3CC=C4C[C@@H](OP5OCCN5C)CC[C@]4(C)[C@H]3CC[C@]12C. The van der Waals surface area contributed by atoms with Gasteiger partial charge in [-0.05, 0) is 105 Å². The number of hydrogen-bond acceptors (Lipinski definition) is 3. The molecule has 3 nitrogen and oxygen atoms in total. The first-order chi connectivity index (χ1) is 16.2. The van der Waals surface area contributed by atoms with Crippen molar-refractivity contribution in [2.75, 3.05) is 20.2 Å². The van der Waals surface area contributed by atoms with Crippen LogP contribution in [0.5, 0.6) is 0 Å². The lowest BCUT2D eigenvalue weighted by Crippen LogP contribution is -2.51. The van der Waals surface area contributed by atoms with Gasteiger partial charge in [0.15, 0.2) is 0 Å². The predicted molar refractivity (Wildman–Crippen MR) is 143 cm³/mol. The highest BCUT2D eigenvalue weighted by atomic mass is 31.2. The lowest BCUT2D eigenvalue weighted by molar-refractivity contribution is -0.0560. The molecule has 9 atom stereocenters. The lowest BCUT2D eigenvalue weighted by Gasteiger charge is -2.58. The van der Waals surface area contributed by atoms with Crippen molar-refractivity contribution in [2.45, 2.75) is 111 Å². The first kappa shape index (κ1) is 25.7. The van der Waals surface area contributed by atoms with Crippen LogP contribution in [0, 0.1) is 46.3 Å². The summed E-state index contributed by atoms with van der Waals surface area (Å²) < 4.78 is 14.7. The van der Waals surface area contributed by atoms with Gasteiger partial charge in [0.1, 0.15) is 0 Å². The highest BCUT2D eigenvalue weighted by Gasteiger charge is 2.59. The summed E-state index contributed by atoms with van der Waals surface area (Å²) in [6.45, 7) is 14.6. The molecule has 1 aliphatic heterocycles. The van der Waals surface area contributed by atoms with E-state index in [1.165, 1.54) is 64.2 Å². The van der Waals surface area contributed by atoms with Gasteiger partial charge in [0.2, 0.25) is 0 Å². The number of nitrogens with zero attached hydrogens (tertiary/aromatic N) is 1. The van der Waals surface area contributed by atoms with Gasteiger partial charge in [-0.15, -0.1) is 0 Å². The molecule has 0 N–H and O–H groups in total. The fourth-order valence-electron chi connectivity index (χ4n) is 9.41. The summed E-state index contributed by atoms with van der Waals surface area (Å²) in [4.78, 5) is 0. The molecule has 0 radical (unpaired) electrons. The molecule has 194 valence electrons. The van der Waals surface area contributed by atoms with Crippen molar-refractivity contribution < 1.29 is 9.05 Å². The number of likely N-dealkylation sites (N-methyl/N-ethyl adjacent to an activating group) is 1. The monoisotopic (exact) mass is 489 g/mol. The Morgan fingerprint density at radius 3 is 2.65 bits per heavy atom. The van der Waals surface area contributed by atoms with Gasteiger partial charge in [-0.3, -0.25) is 0 Å². The molecule has 0 bridgehead atoms.